The topological polar surface area (TPSA) is 85.5 Å². The van der Waals surface area contributed by atoms with Crippen molar-refractivity contribution in [2.45, 2.75) is 52.3 Å². The van der Waals surface area contributed by atoms with E-state index in [1.54, 1.807) is 7.11 Å². The van der Waals surface area contributed by atoms with Crippen molar-refractivity contribution in [3.05, 3.63) is 87.2 Å². The summed E-state index contributed by atoms with van der Waals surface area (Å²) < 4.78 is 6.99. The first-order valence-corrected chi connectivity index (χ1v) is 16.5. The molecule has 2 aromatic heterocycles. The number of piperazine rings is 1. The van der Waals surface area contributed by atoms with E-state index < -0.39 is 0 Å². The average molecular weight is 615 g/mol. The number of rotatable bonds is 12. The van der Waals surface area contributed by atoms with Crippen molar-refractivity contribution >= 4 is 32.8 Å². The lowest BCUT2D eigenvalue weighted by molar-refractivity contribution is 0.185. The Balaban J connectivity index is 1.47. The summed E-state index contributed by atoms with van der Waals surface area (Å²) in [5.74, 6) is 0.329. The fourth-order valence-electron chi connectivity index (χ4n) is 5.76. The van der Waals surface area contributed by atoms with E-state index in [1.165, 1.54) is 20.7 Å². The van der Waals surface area contributed by atoms with Crippen LogP contribution in [0.3, 0.4) is 0 Å². The lowest BCUT2D eigenvalue weighted by Crippen LogP contribution is -2.42. The molecule has 1 aliphatic heterocycles. The van der Waals surface area contributed by atoms with Gasteiger partial charge in [-0.1, -0.05) is 57.5 Å². The van der Waals surface area contributed by atoms with Crippen molar-refractivity contribution < 1.29 is 4.74 Å². The fourth-order valence-corrected chi connectivity index (χ4v) is 6.96. The number of nitrogens with zero attached hydrogens (tertiary/aromatic N) is 3. The molecule has 234 valence electrons. The zero-order chi connectivity index (χ0) is 31.2. The van der Waals surface area contributed by atoms with Crippen LogP contribution in [0, 0.1) is 5.92 Å². The van der Waals surface area contributed by atoms with E-state index in [-0.39, 0.29) is 17.6 Å². The number of likely N-dealkylation sites (N-methyl/N-ethyl adjacent to an activating group) is 2. The van der Waals surface area contributed by atoms with Crippen LogP contribution in [0.5, 0.6) is 0 Å². The summed E-state index contributed by atoms with van der Waals surface area (Å²) in [5, 5.41) is 15.9. The second kappa shape index (κ2) is 14.4. The molecule has 4 aromatic rings. The molecule has 1 aliphatic rings. The monoisotopic (exact) mass is 614 g/mol. The van der Waals surface area contributed by atoms with Crippen molar-refractivity contribution in [2.75, 3.05) is 51.5 Å². The summed E-state index contributed by atoms with van der Waals surface area (Å²) in [6.45, 7) is 9.96. The van der Waals surface area contributed by atoms with E-state index in [0.717, 1.165) is 49.3 Å². The Morgan fingerprint density at radius 2 is 1.86 bits per heavy atom. The minimum Gasteiger partial charge on any atom is -0.380 e. The quantitative estimate of drug-likeness (QED) is 0.159. The SMILES string of the molecule is CCC(Nc1cccc(-c2cc(NC(C=C3CN(C)CCN3C)C(C)CC)c(=O)[nH]n2)c1COC)c1cc2ccccc2s1. The lowest BCUT2D eigenvalue weighted by atomic mass is 9.97. The molecular formula is C35H46N6O2S. The number of nitrogens with one attached hydrogen (secondary N) is 3. The number of fused-ring (bicyclic) bond motifs is 1. The zero-order valence-electron chi connectivity index (χ0n) is 26.8. The van der Waals surface area contributed by atoms with Gasteiger partial charge in [0.1, 0.15) is 5.69 Å². The van der Waals surface area contributed by atoms with Gasteiger partial charge in [-0.25, -0.2) is 5.10 Å². The Morgan fingerprint density at radius 1 is 1.05 bits per heavy atom. The Morgan fingerprint density at radius 3 is 2.61 bits per heavy atom. The molecule has 0 bridgehead atoms. The highest BCUT2D eigenvalue weighted by atomic mass is 32.1. The van der Waals surface area contributed by atoms with Gasteiger partial charge in [0.2, 0.25) is 0 Å². The summed E-state index contributed by atoms with van der Waals surface area (Å²) in [6.07, 6.45) is 4.22. The predicted molar refractivity (Wildman–Crippen MR) is 185 cm³/mol. The molecule has 0 aliphatic carbocycles. The third kappa shape index (κ3) is 7.17. The van der Waals surface area contributed by atoms with Gasteiger partial charge in [0.25, 0.3) is 5.56 Å². The molecule has 1 fully saturated rings. The van der Waals surface area contributed by atoms with Gasteiger partial charge in [-0.15, -0.1) is 11.3 Å². The van der Waals surface area contributed by atoms with Crippen molar-refractivity contribution in [1.29, 1.82) is 0 Å². The highest BCUT2D eigenvalue weighted by Crippen LogP contribution is 2.36. The Labute approximate surface area is 265 Å². The van der Waals surface area contributed by atoms with Crippen LogP contribution in [0.25, 0.3) is 21.3 Å². The number of benzene rings is 2. The van der Waals surface area contributed by atoms with Gasteiger partial charge >= 0.3 is 0 Å². The van der Waals surface area contributed by atoms with Gasteiger partial charge in [-0.3, -0.25) is 9.69 Å². The number of hydrogen-bond acceptors (Lipinski definition) is 8. The third-order valence-electron chi connectivity index (χ3n) is 8.76. The first kappa shape index (κ1) is 31.8. The fraction of sp³-hybridized carbons (Fsp3) is 0.429. The summed E-state index contributed by atoms with van der Waals surface area (Å²) >= 11 is 1.83. The minimum absolute atomic E-state index is 0.00151. The summed E-state index contributed by atoms with van der Waals surface area (Å²) in [6, 6.07) is 19.0. The molecule has 1 saturated heterocycles. The van der Waals surface area contributed by atoms with Gasteiger partial charge in [-0.2, -0.15) is 5.10 Å². The first-order chi connectivity index (χ1) is 21.3. The van der Waals surface area contributed by atoms with Gasteiger partial charge < -0.3 is 20.3 Å². The van der Waals surface area contributed by atoms with Crippen LogP contribution in [-0.4, -0.2) is 66.9 Å². The Bertz CT molecular complexity index is 1610. The number of aromatic nitrogens is 2. The van der Waals surface area contributed by atoms with Crippen LogP contribution in [-0.2, 0) is 11.3 Å². The van der Waals surface area contributed by atoms with Crippen LogP contribution in [0.4, 0.5) is 11.4 Å². The van der Waals surface area contributed by atoms with Crippen LogP contribution in [0.2, 0.25) is 0 Å². The zero-order valence-corrected chi connectivity index (χ0v) is 27.6. The first-order valence-electron chi connectivity index (χ1n) is 15.6. The third-order valence-corrected chi connectivity index (χ3v) is 9.99. The molecule has 0 spiro atoms. The van der Waals surface area contributed by atoms with Crippen LogP contribution >= 0.6 is 11.3 Å². The van der Waals surface area contributed by atoms with Gasteiger partial charge in [0.05, 0.1) is 18.3 Å². The maximum absolute atomic E-state index is 13.1. The van der Waals surface area contributed by atoms with Crippen molar-refractivity contribution in [1.82, 2.24) is 20.0 Å². The minimum atomic E-state index is -0.229. The molecule has 44 heavy (non-hydrogen) atoms. The van der Waals surface area contributed by atoms with Crippen molar-refractivity contribution in [3.63, 3.8) is 0 Å². The molecule has 2 aromatic carbocycles. The average Bonchev–Trinajstić information content (AvgIpc) is 3.46. The van der Waals surface area contributed by atoms with E-state index in [2.05, 4.69) is 108 Å². The lowest BCUT2D eigenvalue weighted by Gasteiger charge is -2.35. The van der Waals surface area contributed by atoms with Gasteiger partial charge in [0.15, 0.2) is 0 Å². The Kier molecular flexibility index (Phi) is 10.4. The number of hydrogen-bond donors (Lipinski definition) is 3. The van der Waals surface area contributed by atoms with Crippen molar-refractivity contribution in [3.8, 4) is 11.3 Å². The van der Waals surface area contributed by atoms with E-state index in [1.807, 2.05) is 29.5 Å². The number of methoxy groups -OCH3 is 1. The highest BCUT2D eigenvalue weighted by molar-refractivity contribution is 7.19. The second-order valence-electron chi connectivity index (χ2n) is 11.9. The standard InChI is InChI=1S/C35H46N6O2S/c1-7-23(3)30(19-25-21-40(4)16-17-41(25)5)37-32-20-31(38-39-35(32)42)26-13-11-14-29(27(26)22-43-6)36-28(8-2)34-18-24-12-9-10-15-33(24)44-34/h9-15,18-20,23,28,30,36H,7-8,16-17,21-22H2,1-6H3,(H,37,38)(H,39,42). The predicted octanol–water partition coefficient (Wildman–Crippen LogP) is 6.95. The van der Waals surface area contributed by atoms with E-state index in [4.69, 9.17) is 4.74 Å². The number of aromatic amines is 1. The maximum atomic E-state index is 13.1. The van der Waals surface area contributed by atoms with Crippen LogP contribution in [0.1, 0.15) is 50.1 Å². The molecule has 3 heterocycles. The maximum Gasteiger partial charge on any atom is 0.287 e. The number of H-pyrrole nitrogens is 1. The van der Waals surface area contributed by atoms with E-state index >= 15 is 0 Å². The molecule has 8 nitrogen and oxygen atoms in total. The summed E-state index contributed by atoms with van der Waals surface area (Å²) in [4.78, 5) is 19.0. The molecule has 9 heteroatoms. The van der Waals surface area contributed by atoms with Gasteiger partial charge in [-0.05, 0) is 55.1 Å². The number of ether oxygens (including phenoxy) is 1. The summed E-state index contributed by atoms with van der Waals surface area (Å²) in [7, 11) is 6.01. The molecule has 3 atom stereocenters. The molecule has 3 unspecified atom stereocenters. The largest absolute Gasteiger partial charge is 0.380 e. The van der Waals surface area contributed by atoms with Crippen LogP contribution in [0.15, 0.2) is 71.2 Å². The molecule has 3 N–H and O–H groups in total. The van der Waals surface area contributed by atoms with E-state index in [9.17, 15) is 4.79 Å². The Hall–Kier alpha value is -3.66. The number of thiophene rings is 1. The molecule has 5 rings (SSSR count). The molecule has 0 amide bonds. The molecular weight excluding hydrogens is 568 g/mol. The molecule has 0 saturated carbocycles. The summed E-state index contributed by atoms with van der Waals surface area (Å²) in [5.41, 5.74) is 5.19. The van der Waals surface area contributed by atoms with Crippen LogP contribution < -0.4 is 16.2 Å². The smallest absolute Gasteiger partial charge is 0.287 e. The normalized spacial score (nSPS) is 17.1. The van der Waals surface area contributed by atoms with Gasteiger partial charge in [0, 0.05) is 71.9 Å². The number of anilines is 2. The molecule has 0 radical (unpaired) electrons. The second-order valence-corrected chi connectivity index (χ2v) is 13.0. The van der Waals surface area contributed by atoms with E-state index in [0.29, 0.717) is 23.9 Å². The highest BCUT2D eigenvalue weighted by Gasteiger charge is 2.22. The van der Waals surface area contributed by atoms with Crippen molar-refractivity contribution in [2.24, 2.45) is 5.92 Å².